The molecule has 0 radical (unpaired) electrons. The van der Waals surface area contributed by atoms with E-state index in [-0.39, 0.29) is 34.1 Å². The monoisotopic (exact) mass is 1250 g/mol. The van der Waals surface area contributed by atoms with Crippen LogP contribution in [-0.4, -0.2) is 132 Å². The molecule has 0 spiro atoms. The van der Waals surface area contributed by atoms with Crippen LogP contribution >= 0.6 is 47.8 Å². The number of anilines is 6. The van der Waals surface area contributed by atoms with Crippen molar-refractivity contribution in [2.24, 2.45) is 15.0 Å². The number of halogens is 3. The van der Waals surface area contributed by atoms with Gasteiger partial charge in [-0.25, -0.2) is 44.5 Å². The maximum atomic E-state index is 13.0. The molecular formula is C48H38Br3N19O8. The number of pyridine rings is 3. The second-order valence-corrected chi connectivity index (χ2v) is 19.9. The summed E-state index contributed by atoms with van der Waals surface area (Å²) in [5.41, 5.74) is 7.33. The van der Waals surface area contributed by atoms with Gasteiger partial charge in [0.15, 0.2) is 0 Å². The molecule has 27 nitrogen and oxygen atoms in total. The highest BCUT2D eigenvalue weighted by atomic mass is 79.9. The molecule has 4 aliphatic rings. The number of carbonyl (C=O) groups excluding carboxylic acids is 1. The summed E-state index contributed by atoms with van der Waals surface area (Å²) >= 11 is 10.1. The highest BCUT2D eigenvalue weighted by Gasteiger charge is 2.27. The van der Waals surface area contributed by atoms with E-state index in [1.807, 2.05) is 11.0 Å². The minimum Gasteiger partial charge on any atom is -0.480 e. The number of methoxy groups -OCH3 is 1. The fourth-order valence-corrected chi connectivity index (χ4v) is 10.8. The van der Waals surface area contributed by atoms with Crippen molar-refractivity contribution in [2.45, 2.75) is 38.9 Å². The quantitative estimate of drug-likeness (QED) is 0.0659. The molecular weight excluding hydrogens is 1210 g/mol. The molecule has 30 heteroatoms. The number of likely N-dealkylation sites (tertiary alicyclic amines) is 1. The van der Waals surface area contributed by atoms with Gasteiger partial charge in [-0.1, -0.05) is 0 Å². The van der Waals surface area contributed by atoms with Gasteiger partial charge in [0.1, 0.15) is 87.5 Å². The summed E-state index contributed by atoms with van der Waals surface area (Å²) in [5, 5.41) is 29.2. The van der Waals surface area contributed by atoms with E-state index in [0.29, 0.717) is 107 Å². The lowest BCUT2D eigenvalue weighted by Gasteiger charge is -2.26. The second-order valence-electron chi connectivity index (χ2n) is 17.5. The molecule has 78 heavy (non-hydrogen) atoms. The maximum absolute atomic E-state index is 13.0. The highest BCUT2D eigenvalue weighted by molar-refractivity contribution is 9.11. The summed E-state index contributed by atoms with van der Waals surface area (Å²) < 4.78 is 6.61. The smallest absolute Gasteiger partial charge is 0.353 e. The first-order valence-corrected chi connectivity index (χ1v) is 25.9. The summed E-state index contributed by atoms with van der Waals surface area (Å²) in [6.07, 6.45) is 12.4. The molecule has 0 bridgehead atoms. The molecule has 0 aromatic carbocycles. The number of amides is 1. The molecule has 1 saturated heterocycles. The van der Waals surface area contributed by atoms with Crippen molar-refractivity contribution in [1.29, 1.82) is 0 Å². The van der Waals surface area contributed by atoms with Crippen LogP contribution in [0.5, 0.6) is 5.88 Å². The maximum Gasteiger partial charge on any atom is 0.353 e. The molecule has 13 rings (SSSR count). The number of aliphatic imine (C=N–C) groups is 3. The second kappa shape index (κ2) is 21.2. The zero-order chi connectivity index (χ0) is 54.4. The van der Waals surface area contributed by atoms with Gasteiger partial charge in [-0.3, -0.25) is 29.4 Å². The van der Waals surface area contributed by atoms with Crippen LogP contribution in [0.1, 0.15) is 84.5 Å². The van der Waals surface area contributed by atoms with Gasteiger partial charge in [0.2, 0.25) is 5.88 Å². The minimum absolute atomic E-state index is 0.00438. The predicted octanol–water partition coefficient (Wildman–Crippen LogP) is 6.99. The van der Waals surface area contributed by atoms with Crippen molar-refractivity contribution in [3.63, 3.8) is 0 Å². The van der Waals surface area contributed by atoms with Crippen molar-refractivity contribution in [3.05, 3.63) is 122 Å². The van der Waals surface area contributed by atoms with Crippen LogP contribution in [0.2, 0.25) is 0 Å². The molecule has 13 heterocycles. The van der Waals surface area contributed by atoms with Crippen molar-refractivity contribution in [1.82, 2.24) is 64.7 Å². The number of carboxylic acids is 2. The standard InChI is InChI=1S/C19H18BrN7O2.C15H11BrN6O3.C14H9BrN6O3/c20-14-13-16(24-11-6-10-7-21-8-12(10)25-18(11)28)22-9-23-17(13)26-15(14)19(29)27-4-2-1-3-5-27;1-25-14-7(2-6-3-17-4-8(6)21-14)20-12-9-10(16)11(15(23)24)22-13(9)19-5-18-12;15-9-8-11(17-4-18-12(8)21-10(9)14(23)24)19-6-1-5-2-16-3-7(5)20-13(6)22/h6-7,9H,1-5,8H2,(H,25,28)(H2,22,23,24,26);2-3,5H,4H2,1H3,(H,23,24)(H2,18,19,20,22);1-2,4H,3H2,(H,20,22)(H,23,24)(H2,17,18,19,21). The fraction of sp³-hybridized carbons (Fsp3) is 0.188. The van der Waals surface area contributed by atoms with Crippen LogP contribution in [0.25, 0.3) is 33.1 Å². The summed E-state index contributed by atoms with van der Waals surface area (Å²) in [6, 6.07) is 5.29. The number of carbonyl (C=O) groups is 3. The van der Waals surface area contributed by atoms with Crippen LogP contribution in [0, 0.1) is 0 Å². The largest absolute Gasteiger partial charge is 0.480 e. The van der Waals surface area contributed by atoms with Crippen LogP contribution in [0.4, 0.5) is 34.5 Å². The van der Waals surface area contributed by atoms with E-state index >= 15 is 0 Å². The number of nitrogens with one attached hydrogen (secondary N) is 8. The van der Waals surface area contributed by atoms with Crippen LogP contribution in [-0.2, 0) is 19.6 Å². The third kappa shape index (κ3) is 9.74. The number of H-pyrrole nitrogens is 5. The topological polar surface area (TPSA) is 381 Å². The Morgan fingerprint density at radius 2 is 0.987 bits per heavy atom. The number of aromatic carboxylic acids is 2. The number of hydrogen-bond donors (Lipinski definition) is 10. The van der Waals surface area contributed by atoms with E-state index in [0.717, 1.165) is 66.1 Å². The Balaban J connectivity index is 0.000000125. The summed E-state index contributed by atoms with van der Waals surface area (Å²) in [4.78, 5) is 118. The van der Waals surface area contributed by atoms with Crippen molar-refractivity contribution in [3.8, 4) is 5.88 Å². The van der Waals surface area contributed by atoms with E-state index < -0.39 is 11.9 Å². The van der Waals surface area contributed by atoms with Gasteiger partial charge in [0.25, 0.3) is 17.0 Å². The summed E-state index contributed by atoms with van der Waals surface area (Å²) in [6.45, 7) is 2.96. The lowest BCUT2D eigenvalue weighted by Crippen LogP contribution is -2.35. The van der Waals surface area contributed by atoms with Gasteiger partial charge < -0.3 is 60.7 Å². The Bertz CT molecular complexity index is 4180. The first-order valence-electron chi connectivity index (χ1n) is 23.5. The number of hydrogen-bond acceptors (Lipinski definition) is 19. The van der Waals surface area contributed by atoms with Gasteiger partial charge in [-0.2, -0.15) is 0 Å². The van der Waals surface area contributed by atoms with E-state index in [4.69, 9.17) is 4.74 Å². The molecule has 1 fully saturated rings. The van der Waals surface area contributed by atoms with Gasteiger partial charge in [0, 0.05) is 59.8 Å². The molecule has 10 N–H and O–H groups in total. The van der Waals surface area contributed by atoms with E-state index in [9.17, 15) is 34.2 Å². The normalized spacial score (nSPS) is 13.7. The van der Waals surface area contributed by atoms with E-state index in [2.05, 4.69) is 139 Å². The molecule has 0 atom stereocenters. The first-order chi connectivity index (χ1) is 37.7. The minimum atomic E-state index is -1.13. The number of aromatic amines is 5. The lowest BCUT2D eigenvalue weighted by molar-refractivity contribution is 0.0680. The Hall–Kier alpha value is -9.03. The summed E-state index contributed by atoms with van der Waals surface area (Å²) in [5.74, 6) is -0.697. The van der Waals surface area contributed by atoms with E-state index in [1.54, 1.807) is 30.8 Å². The van der Waals surface area contributed by atoms with Crippen LogP contribution < -0.4 is 31.8 Å². The van der Waals surface area contributed by atoms with Crippen LogP contribution in [0.3, 0.4) is 0 Å². The Morgan fingerprint density at radius 3 is 1.46 bits per heavy atom. The summed E-state index contributed by atoms with van der Waals surface area (Å²) in [7, 11) is 1.53. The number of piperidine rings is 1. The average molecular weight is 1250 g/mol. The molecule has 4 aliphatic heterocycles. The number of carboxylic acid groups (broad SMARTS) is 2. The Morgan fingerprint density at radius 1 is 0.564 bits per heavy atom. The van der Waals surface area contributed by atoms with Crippen molar-refractivity contribution in [2.75, 3.05) is 36.1 Å². The molecule has 0 aliphatic carbocycles. The molecule has 0 unspecified atom stereocenters. The average Bonchev–Trinajstić information content (AvgIpc) is 4.35. The van der Waals surface area contributed by atoms with E-state index in [1.165, 1.54) is 26.1 Å². The molecule has 0 saturated carbocycles. The van der Waals surface area contributed by atoms with Crippen molar-refractivity contribution >= 4 is 152 Å². The molecule has 9 aromatic rings. The van der Waals surface area contributed by atoms with Gasteiger partial charge in [-0.05, 0) is 85.3 Å². The van der Waals surface area contributed by atoms with Crippen molar-refractivity contribution < 1.29 is 29.3 Å². The third-order valence-corrected chi connectivity index (χ3v) is 15.1. The SMILES string of the molecule is COc1nc2c(cc1Nc1ncnc3[nH]c(C(=O)O)c(Br)c13)C=NC2.O=C(O)c1[nH]c2ncnc(Nc3cc4c([nH]c3=O)CN=C4)c2c1Br.O=C(c1[nH]c2ncnc(Nc3cc4c([nH]c3=O)CN=C4)c2c1Br)N1CCCCC1. The lowest BCUT2D eigenvalue weighted by atomic mass is 10.1. The number of rotatable bonds is 10. The number of aromatic nitrogens is 12. The first kappa shape index (κ1) is 51.1. The number of nitrogens with zero attached hydrogens (tertiary/aromatic N) is 11. The highest BCUT2D eigenvalue weighted by Crippen LogP contribution is 2.37. The Kier molecular flexibility index (Phi) is 13.9. The predicted molar refractivity (Wildman–Crippen MR) is 297 cm³/mol. The molecule has 1 amide bonds. The van der Waals surface area contributed by atoms with Crippen LogP contribution in [0.15, 0.2) is 75.2 Å². The molecule has 9 aromatic heterocycles. The van der Waals surface area contributed by atoms with Gasteiger partial charge >= 0.3 is 11.9 Å². The number of ether oxygens (including phenoxy) is 1. The zero-order valence-corrected chi connectivity index (χ0v) is 45.0. The fourth-order valence-electron chi connectivity index (χ4n) is 8.90. The molecule has 394 valence electrons. The number of fused-ring (bicyclic) bond motifs is 6. The zero-order valence-electron chi connectivity index (χ0n) is 40.3. The Labute approximate surface area is 461 Å². The van der Waals surface area contributed by atoms with Gasteiger partial charge in [-0.15, -0.1) is 0 Å². The van der Waals surface area contributed by atoms with Gasteiger partial charge in [0.05, 0.1) is 62.0 Å². The third-order valence-electron chi connectivity index (χ3n) is 12.7.